The summed E-state index contributed by atoms with van der Waals surface area (Å²) in [5, 5.41) is 13.8. The summed E-state index contributed by atoms with van der Waals surface area (Å²) in [6.07, 6.45) is 1.92. The van der Waals surface area contributed by atoms with Crippen LogP contribution in [0.3, 0.4) is 0 Å². The third-order valence-corrected chi connectivity index (χ3v) is 5.27. The van der Waals surface area contributed by atoms with Crippen molar-refractivity contribution in [3.05, 3.63) is 47.8 Å². The van der Waals surface area contributed by atoms with Gasteiger partial charge in [-0.3, -0.25) is 4.90 Å². The Morgan fingerprint density at radius 3 is 2.46 bits per heavy atom. The second kappa shape index (κ2) is 7.05. The van der Waals surface area contributed by atoms with Gasteiger partial charge in [-0.15, -0.1) is 0 Å². The van der Waals surface area contributed by atoms with Crippen molar-refractivity contribution in [2.24, 2.45) is 0 Å². The Morgan fingerprint density at radius 1 is 1.04 bits per heavy atom. The number of aliphatic hydroxyl groups excluding tert-OH is 1. The van der Waals surface area contributed by atoms with Crippen LogP contribution in [0, 0.1) is 13.8 Å². The zero-order chi connectivity index (χ0) is 18.1. The summed E-state index contributed by atoms with van der Waals surface area (Å²) >= 11 is 0. The first-order chi connectivity index (χ1) is 12.7. The smallest absolute Gasteiger partial charge is 0.165 e. The van der Waals surface area contributed by atoms with Gasteiger partial charge in [0.15, 0.2) is 5.65 Å². The molecule has 0 atom stereocenters. The lowest BCUT2D eigenvalue weighted by atomic mass is 10.1. The molecule has 1 fully saturated rings. The predicted octanol–water partition coefficient (Wildman–Crippen LogP) is 2.13. The number of fused-ring (bicyclic) bond motifs is 1. The minimum Gasteiger partial charge on any atom is -0.395 e. The molecular formula is C20H25N5O. The summed E-state index contributed by atoms with van der Waals surface area (Å²) < 4.78 is 1.99. The summed E-state index contributed by atoms with van der Waals surface area (Å²) in [4.78, 5) is 9.54. The van der Waals surface area contributed by atoms with Gasteiger partial charge in [-0.05, 0) is 19.4 Å². The zero-order valence-electron chi connectivity index (χ0n) is 15.4. The van der Waals surface area contributed by atoms with E-state index in [4.69, 9.17) is 10.1 Å². The Balaban J connectivity index is 1.76. The molecule has 1 aromatic carbocycles. The van der Waals surface area contributed by atoms with Crippen molar-refractivity contribution in [3.63, 3.8) is 0 Å². The van der Waals surface area contributed by atoms with E-state index in [1.807, 2.05) is 28.9 Å². The van der Waals surface area contributed by atoms with E-state index in [0.29, 0.717) is 0 Å². The Morgan fingerprint density at radius 2 is 1.77 bits per heavy atom. The molecule has 0 unspecified atom stereocenters. The van der Waals surface area contributed by atoms with Gasteiger partial charge in [0.2, 0.25) is 0 Å². The fourth-order valence-corrected chi connectivity index (χ4v) is 3.69. The molecule has 2 aromatic heterocycles. The van der Waals surface area contributed by atoms with Crippen LogP contribution in [0.1, 0.15) is 11.3 Å². The van der Waals surface area contributed by atoms with Gasteiger partial charge < -0.3 is 10.0 Å². The monoisotopic (exact) mass is 351 g/mol. The second-order valence-corrected chi connectivity index (χ2v) is 6.86. The van der Waals surface area contributed by atoms with E-state index in [2.05, 4.69) is 40.9 Å². The van der Waals surface area contributed by atoms with Gasteiger partial charge in [-0.25, -0.2) is 4.98 Å². The second-order valence-electron chi connectivity index (χ2n) is 6.86. The highest BCUT2D eigenvalue weighted by Crippen LogP contribution is 2.30. The van der Waals surface area contributed by atoms with Crippen LogP contribution in [0.25, 0.3) is 16.8 Å². The topological polar surface area (TPSA) is 56.9 Å². The van der Waals surface area contributed by atoms with E-state index >= 15 is 0 Å². The number of piperazine rings is 1. The number of nitrogens with zero attached hydrogens (tertiary/aromatic N) is 5. The molecule has 4 rings (SSSR count). The van der Waals surface area contributed by atoms with Crippen LogP contribution in [-0.2, 0) is 0 Å². The molecule has 1 aliphatic heterocycles. The number of hydrogen-bond donors (Lipinski definition) is 1. The highest BCUT2D eigenvalue weighted by molar-refractivity contribution is 5.78. The number of anilines is 1. The predicted molar refractivity (Wildman–Crippen MR) is 104 cm³/mol. The van der Waals surface area contributed by atoms with Crippen LogP contribution >= 0.6 is 0 Å². The molecule has 1 N–H and O–H groups in total. The van der Waals surface area contributed by atoms with Crippen LogP contribution in [0.15, 0.2) is 36.5 Å². The summed E-state index contributed by atoms with van der Waals surface area (Å²) in [6.45, 7) is 8.93. The lowest BCUT2D eigenvalue weighted by Gasteiger charge is -2.36. The van der Waals surface area contributed by atoms with E-state index in [1.165, 1.54) is 5.56 Å². The summed E-state index contributed by atoms with van der Waals surface area (Å²) in [6, 6.07) is 10.3. The molecule has 0 spiro atoms. The molecule has 26 heavy (non-hydrogen) atoms. The van der Waals surface area contributed by atoms with E-state index in [9.17, 15) is 0 Å². The molecule has 0 saturated carbocycles. The Kier molecular flexibility index (Phi) is 4.61. The maximum Gasteiger partial charge on any atom is 0.165 e. The molecule has 1 saturated heterocycles. The largest absolute Gasteiger partial charge is 0.395 e. The molecule has 1 aliphatic rings. The quantitative estimate of drug-likeness (QED) is 0.780. The van der Waals surface area contributed by atoms with Crippen molar-refractivity contribution < 1.29 is 5.11 Å². The van der Waals surface area contributed by atoms with E-state index in [1.54, 1.807) is 0 Å². The maximum atomic E-state index is 9.16. The molecular weight excluding hydrogens is 326 g/mol. The third kappa shape index (κ3) is 2.95. The number of aromatic nitrogens is 3. The van der Waals surface area contributed by atoms with Crippen LogP contribution < -0.4 is 4.90 Å². The first-order valence-corrected chi connectivity index (χ1v) is 9.17. The SMILES string of the molecule is Cc1nc2c(-c3ccccc3)cnn2c(N2CCN(CCO)CC2)c1C. The first kappa shape index (κ1) is 17.0. The van der Waals surface area contributed by atoms with Gasteiger partial charge in [0, 0.05) is 49.5 Å². The van der Waals surface area contributed by atoms with Gasteiger partial charge in [0.25, 0.3) is 0 Å². The van der Waals surface area contributed by atoms with Crippen LogP contribution in [0.5, 0.6) is 0 Å². The standard InChI is InChI=1S/C20H25N5O/c1-15-16(2)22-19-18(17-6-4-3-5-7-17)14-21-25(19)20(15)24-10-8-23(9-11-24)12-13-26/h3-7,14,26H,8-13H2,1-2H3. The van der Waals surface area contributed by atoms with Crippen molar-refractivity contribution in [2.45, 2.75) is 13.8 Å². The first-order valence-electron chi connectivity index (χ1n) is 9.17. The summed E-state index contributed by atoms with van der Waals surface area (Å²) in [5.41, 5.74) is 5.33. The summed E-state index contributed by atoms with van der Waals surface area (Å²) in [7, 11) is 0. The fourth-order valence-electron chi connectivity index (χ4n) is 3.69. The van der Waals surface area contributed by atoms with Crippen molar-refractivity contribution in [1.29, 1.82) is 0 Å². The fraction of sp³-hybridized carbons (Fsp3) is 0.400. The number of hydrogen-bond acceptors (Lipinski definition) is 5. The molecule has 0 bridgehead atoms. The Hall–Kier alpha value is -2.44. The minimum atomic E-state index is 0.219. The number of aryl methyl sites for hydroxylation is 1. The molecule has 3 heterocycles. The average Bonchev–Trinajstić information content (AvgIpc) is 3.08. The highest BCUT2D eigenvalue weighted by Gasteiger charge is 2.23. The molecule has 6 nitrogen and oxygen atoms in total. The van der Waals surface area contributed by atoms with Crippen LogP contribution in [0.4, 0.5) is 5.82 Å². The number of benzene rings is 1. The number of aliphatic hydroxyl groups is 1. The van der Waals surface area contributed by atoms with E-state index < -0.39 is 0 Å². The number of β-amino-alcohol motifs (C(OH)–C–C–N with tert-alkyl or cyclic N) is 1. The maximum absolute atomic E-state index is 9.16. The molecule has 0 radical (unpaired) electrons. The van der Waals surface area contributed by atoms with Gasteiger partial charge >= 0.3 is 0 Å². The van der Waals surface area contributed by atoms with Crippen molar-refractivity contribution in [1.82, 2.24) is 19.5 Å². The van der Waals surface area contributed by atoms with Crippen molar-refractivity contribution >= 4 is 11.5 Å². The third-order valence-electron chi connectivity index (χ3n) is 5.27. The molecule has 0 amide bonds. The van der Waals surface area contributed by atoms with Crippen LogP contribution in [-0.4, -0.2) is 63.9 Å². The molecule has 136 valence electrons. The lowest BCUT2D eigenvalue weighted by Crippen LogP contribution is -2.48. The average molecular weight is 351 g/mol. The van der Waals surface area contributed by atoms with Gasteiger partial charge in [0.05, 0.1) is 12.8 Å². The number of rotatable bonds is 4. The normalized spacial score (nSPS) is 15.7. The molecule has 3 aromatic rings. The zero-order valence-corrected chi connectivity index (χ0v) is 15.4. The molecule has 0 aliphatic carbocycles. The lowest BCUT2D eigenvalue weighted by molar-refractivity contribution is 0.188. The Bertz CT molecular complexity index is 897. The van der Waals surface area contributed by atoms with Gasteiger partial charge in [-0.2, -0.15) is 9.61 Å². The van der Waals surface area contributed by atoms with Crippen LogP contribution in [0.2, 0.25) is 0 Å². The summed E-state index contributed by atoms with van der Waals surface area (Å²) in [5.74, 6) is 1.14. The highest BCUT2D eigenvalue weighted by atomic mass is 16.3. The molecule has 6 heteroatoms. The van der Waals surface area contributed by atoms with E-state index in [-0.39, 0.29) is 6.61 Å². The minimum absolute atomic E-state index is 0.219. The Labute approximate surface area is 153 Å². The van der Waals surface area contributed by atoms with Crippen molar-refractivity contribution in [2.75, 3.05) is 44.2 Å². The van der Waals surface area contributed by atoms with E-state index in [0.717, 1.165) is 61.0 Å². The van der Waals surface area contributed by atoms with Gasteiger partial charge in [-0.1, -0.05) is 30.3 Å². The van der Waals surface area contributed by atoms with Crippen molar-refractivity contribution in [3.8, 4) is 11.1 Å². The van der Waals surface area contributed by atoms with Gasteiger partial charge in [0.1, 0.15) is 5.82 Å².